The van der Waals surface area contributed by atoms with E-state index >= 15 is 0 Å². The third kappa shape index (κ3) is 1.88. The van der Waals surface area contributed by atoms with E-state index < -0.39 is 0 Å². The third-order valence-corrected chi connectivity index (χ3v) is 2.69. The van der Waals surface area contributed by atoms with Gasteiger partial charge in [0, 0.05) is 6.20 Å². The van der Waals surface area contributed by atoms with E-state index in [4.69, 9.17) is 10.2 Å². The van der Waals surface area contributed by atoms with Crippen LogP contribution >= 0.6 is 11.8 Å². The second-order valence-corrected chi connectivity index (χ2v) is 3.72. The highest BCUT2D eigenvalue weighted by Gasteiger charge is 2.05. The summed E-state index contributed by atoms with van der Waals surface area (Å²) >= 11 is 1.44. The van der Waals surface area contributed by atoms with E-state index in [1.54, 1.807) is 18.5 Å². The molecular formula is C9H9N3OS. The number of rotatable bonds is 2. The Morgan fingerprint density at radius 3 is 2.93 bits per heavy atom. The number of nitrogens with two attached hydrogens (primary N) is 1. The van der Waals surface area contributed by atoms with Crippen LogP contribution < -0.4 is 5.73 Å². The average molecular weight is 207 g/mol. The molecule has 0 aliphatic heterocycles. The summed E-state index contributed by atoms with van der Waals surface area (Å²) in [6.07, 6.45) is 3.28. The molecule has 14 heavy (non-hydrogen) atoms. The monoisotopic (exact) mass is 207 g/mol. The van der Waals surface area contributed by atoms with Gasteiger partial charge in [0.2, 0.25) is 0 Å². The molecule has 0 aliphatic carbocycles. The molecule has 2 heterocycles. The van der Waals surface area contributed by atoms with Crippen molar-refractivity contribution in [2.45, 2.75) is 17.0 Å². The van der Waals surface area contributed by atoms with E-state index in [0.29, 0.717) is 11.0 Å². The van der Waals surface area contributed by atoms with Crippen molar-refractivity contribution in [3.05, 3.63) is 30.4 Å². The molecule has 0 amide bonds. The van der Waals surface area contributed by atoms with Crippen LogP contribution in [0, 0.1) is 6.92 Å². The Bertz CT molecular complexity index is 441. The Morgan fingerprint density at radius 1 is 1.43 bits per heavy atom. The van der Waals surface area contributed by atoms with Gasteiger partial charge in [0.25, 0.3) is 0 Å². The minimum absolute atomic E-state index is 0.476. The van der Waals surface area contributed by atoms with Gasteiger partial charge in [0.05, 0.1) is 11.2 Å². The Labute approximate surface area is 85.6 Å². The minimum atomic E-state index is 0.476. The van der Waals surface area contributed by atoms with Gasteiger partial charge in [-0.3, -0.25) is 0 Å². The second-order valence-electron chi connectivity index (χ2n) is 2.71. The van der Waals surface area contributed by atoms with Crippen molar-refractivity contribution in [3.8, 4) is 0 Å². The summed E-state index contributed by atoms with van der Waals surface area (Å²) in [5, 5.41) is 0.634. The van der Waals surface area contributed by atoms with Crippen molar-refractivity contribution in [2.75, 3.05) is 5.73 Å². The Morgan fingerprint density at radius 2 is 2.29 bits per heavy atom. The van der Waals surface area contributed by atoms with Crippen molar-refractivity contribution < 1.29 is 4.42 Å². The van der Waals surface area contributed by atoms with Crippen LogP contribution in [0.15, 0.2) is 39.1 Å². The summed E-state index contributed by atoms with van der Waals surface area (Å²) < 4.78 is 5.16. The zero-order valence-corrected chi connectivity index (χ0v) is 8.41. The highest BCUT2D eigenvalue weighted by molar-refractivity contribution is 7.99. The Hall–Kier alpha value is -1.49. The molecule has 4 nitrogen and oxygen atoms in total. The van der Waals surface area contributed by atoms with Crippen molar-refractivity contribution >= 4 is 17.6 Å². The van der Waals surface area contributed by atoms with Gasteiger partial charge in [-0.2, -0.15) is 0 Å². The predicted octanol–water partition coefficient (Wildman–Crippen LogP) is 2.11. The topological polar surface area (TPSA) is 64.9 Å². The lowest BCUT2D eigenvalue weighted by Gasteiger charge is -1.98. The van der Waals surface area contributed by atoms with Crippen molar-refractivity contribution in [3.63, 3.8) is 0 Å². The molecule has 2 rings (SSSR count). The molecule has 72 valence electrons. The lowest BCUT2D eigenvalue weighted by Crippen LogP contribution is -1.92. The normalized spacial score (nSPS) is 10.4. The number of nitrogens with zero attached hydrogens (tertiary/aromatic N) is 2. The number of anilines is 1. The highest BCUT2D eigenvalue weighted by Crippen LogP contribution is 2.28. The van der Waals surface area contributed by atoms with Crippen LogP contribution in [0.3, 0.4) is 0 Å². The number of aromatic nitrogens is 2. The molecule has 0 atom stereocenters. The maximum absolute atomic E-state index is 5.54. The highest BCUT2D eigenvalue weighted by atomic mass is 32.2. The first-order valence-corrected chi connectivity index (χ1v) is 4.88. The zero-order chi connectivity index (χ0) is 9.97. The van der Waals surface area contributed by atoms with Crippen LogP contribution in [0.4, 0.5) is 5.82 Å². The molecule has 5 heteroatoms. The zero-order valence-electron chi connectivity index (χ0n) is 7.60. The van der Waals surface area contributed by atoms with E-state index in [1.165, 1.54) is 11.8 Å². The molecule has 0 unspecified atom stereocenters. The van der Waals surface area contributed by atoms with Gasteiger partial charge in [-0.05, 0) is 30.8 Å². The first-order chi connectivity index (χ1) is 6.75. The van der Waals surface area contributed by atoms with Crippen LogP contribution in [0.1, 0.15) is 5.76 Å². The van der Waals surface area contributed by atoms with Crippen molar-refractivity contribution in [2.24, 2.45) is 0 Å². The number of hydrogen-bond acceptors (Lipinski definition) is 5. The van der Waals surface area contributed by atoms with Crippen LogP contribution in [-0.4, -0.2) is 9.97 Å². The van der Waals surface area contributed by atoms with E-state index in [-0.39, 0.29) is 0 Å². The van der Waals surface area contributed by atoms with Gasteiger partial charge in [-0.15, -0.1) is 0 Å². The van der Waals surface area contributed by atoms with E-state index in [1.807, 2.05) is 13.0 Å². The fourth-order valence-corrected chi connectivity index (χ4v) is 1.76. The van der Waals surface area contributed by atoms with E-state index in [9.17, 15) is 0 Å². The average Bonchev–Trinajstić information content (AvgIpc) is 2.52. The lowest BCUT2D eigenvalue weighted by molar-refractivity contribution is 0.527. The maximum Gasteiger partial charge on any atom is 0.194 e. The lowest BCUT2D eigenvalue weighted by atomic mass is 10.5. The quantitative estimate of drug-likeness (QED) is 0.764. The summed E-state index contributed by atoms with van der Waals surface area (Å²) in [6, 6.07) is 3.54. The van der Waals surface area contributed by atoms with Gasteiger partial charge in [0.1, 0.15) is 11.6 Å². The van der Waals surface area contributed by atoms with Gasteiger partial charge in [0.15, 0.2) is 5.16 Å². The molecule has 0 radical (unpaired) electrons. The first-order valence-electron chi connectivity index (χ1n) is 4.06. The number of hydrogen-bond donors (Lipinski definition) is 1. The van der Waals surface area contributed by atoms with E-state index in [0.717, 1.165) is 10.7 Å². The summed E-state index contributed by atoms with van der Waals surface area (Å²) in [4.78, 5) is 9.17. The van der Waals surface area contributed by atoms with Gasteiger partial charge in [-0.25, -0.2) is 9.97 Å². The van der Waals surface area contributed by atoms with Gasteiger partial charge >= 0.3 is 0 Å². The molecule has 0 saturated heterocycles. The van der Waals surface area contributed by atoms with Crippen LogP contribution in [0.2, 0.25) is 0 Å². The smallest absolute Gasteiger partial charge is 0.194 e. The Kier molecular flexibility index (Phi) is 2.41. The van der Waals surface area contributed by atoms with Crippen molar-refractivity contribution in [1.82, 2.24) is 9.97 Å². The molecule has 0 fully saturated rings. The van der Waals surface area contributed by atoms with Gasteiger partial charge < -0.3 is 10.2 Å². The first kappa shape index (κ1) is 9.08. The van der Waals surface area contributed by atoms with E-state index in [2.05, 4.69) is 9.97 Å². The maximum atomic E-state index is 5.54. The largest absolute Gasteiger partial charge is 0.468 e. The van der Waals surface area contributed by atoms with Crippen LogP contribution in [0.25, 0.3) is 0 Å². The molecule has 2 aromatic rings. The fraction of sp³-hybridized carbons (Fsp3) is 0.111. The second kappa shape index (κ2) is 3.71. The van der Waals surface area contributed by atoms with Gasteiger partial charge in [-0.1, -0.05) is 0 Å². The molecule has 0 aliphatic rings. The summed E-state index contributed by atoms with van der Waals surface area (Å²) in [7, 11) is 0. The SMILES string of the molecule is Cc1occc1Sc1nccc(N)n1. The summed E-state index contributed by atoms with van der Waals surface area (Å²) in [5.41, 5.74) is 5.54. The van der Waals surface area contributed by atoms with Crippen LogP contribution in [0.5, 0.6) is 0 Å². The number of furan rings is 1. The minimum Gasteiger partial charge on any atom is -0.468 e. The standard InChI is InChI=1S/C9H9N3OS/c1-6-7(3-5-13-6)14-9-11-4-2-8(10)12-9/h2-5H,1H3,(H2,10,11,12). The Balaban J connectivity index is 2.23. The summed E-state index contributed by atoms with van der Waals surface area (Å²) in [5.74, 6) is 1.34. The molecule has 0 aromatic carbocycles. The molecule has 0 saturated carbocycles. The van der Waals surface area contributed by atoms with Crippen LogP contribution in [-0.2, 0) is 0 Å². The summed E-state index contributed by atoms with van der Waals surface area (Å²) in [6.45, 7) is 1.90. The molecule has 2 aromatic heterocycles. The van der Waals surface area contributed by atoms with Crippen molar-refractivity contribution in [1.29, 1.82) is 0 Å². The fourth-order valence-electron chi connectivity index (χ4n) is 0.981. The third-order valence-electron chi connectivity index (χ3n) is 1.67. The molecule has 0 bridgehead atoms. The number of nitrogen functional groups attached to an aromatic ring is 1. The molecular weight excluding hydrogens is 198 g/mol. The molecule has 0 spiro atoms. The number of aryl methyl sites for hydroxylation is 1. The predicted molar refractivity (Wildman–Crippen MR) is 54.0 cm³/mol. The molecule has 2 N–H and O–H groups in total.